The summed E-state index contributed by atoms with van der Waals surface area (Å²) in [6.07, 6.45) is 1.16. The second-order valence-corrected chi connectivity index (χ2v) is 19.6. The SMILES string of the molecule is Cc1cc(C(c2ccc(C3CCSC3)c3nsnc23)c2cc(C)c(-c3cc4ccccc4c4ccccc34)c3nsnc23)c2nsnc2c1-c1cccc2c1ccc1ccccc12. The van der Waals surface area contributed by atoms with Crippen LogP contribution in [0.25, 0.3) is 98.4 Å². The molecule has 0 aliphatic carbocycles. The van der Waals surface area contributed by atoms with Crippen molar-refractivity contribution in [2.45, 2.75) is 32.1 Å². The molecule has 0 amide bonds. The monoisotopic (exact) mass is 884 g/mol. The smallest absolute Gasteiger partial charge is 0.113 e. The van der Waals surface area contributed by atoms with Crippen molar-refractivity contribution in [1.29, 1.82) is 0 Å². The molecule has 0 saturated carbocycles. The molecule has 63 heavy (non-hydrogen) atoms. The number of fused-ring (bicyclic) bond motifs is 9. The summed E-state index contributed by atoms with van der Waals surface area (Å²) in [5, 5.41) is 9.80. The molecule has 0 N–H and O–H groups in total. The van der Waals surface area contributed by atoms with Crippen LogP contribution in [0.3, 0.4) is 0 Å². The number of aromatic nitrogens is 6. The summed E-state index contributed by atoms with van der Waals surface area (Å²) in [6, 6.07) is 48.9. The first kappa shape index (κ1) is 37.4. The molecule has 0 spiro atoms. The van der Waals surface area contributed by atoms with Gasteiger partial charge in [-0.2, -0.15) is 38.0 Å². The average molecular weight is 885 g/mol. The number of thioether (sulfide) groups is 1. The van der Waals surface area contributed by atoms with E-state index in [1.54, 1.807) is 0 Å². The van der Waals surface area contributed by atoms with E-state index in [4.69, 9.17) is 26.2 Å². The van der Waals surface area contributed by atoms with Crippen LogP contribution in [0.1, 0.15) is 51.6 Å². The molecule has 0 bridgehead atoms. The lowest BCUT2D eigenvalue weighted by atomic mass is 9.79. The topological polar surface area (TPSA) is 77.3 Å². The summed E-state index contributed by atoms with van der Waals surface area (Å²) >= 11 is 5.90. The van der Waals surface area contributed by atoms with Gasteiger partial charge in [0.1, 0.15) is 33.1 Å². The fourth-order valence-corrected chi connectivity index (χ4v) is 13.6. The van der Waals surface area contributed by atoms with Crippen molar-refractivity contribution < 1.29 is 0 Å². The third-order valence-corrected chi connectivity index (χ3v) is 16.2. The van der Waals surface area contributed by atoms with Crippen molar-refractivity contribution in [2.24, 2.45) is 0 Å². The van der Waals surface area contributed by atoms with E-state index in [0.29, 0.717) is 5.92 Å². The number of nitrogens with zero attached hydrogens (tertiary/aromatic N) is 6. The number of hydrogen-bond acceptors (Lipinski definition) is 10. The van der Waals surface area contributed by atoms with E-state index in [1.165, 1.54) is 95.2 Å². The number of aryl methyl sites for hydroxylation is 2. The minimum absolute atomic E-state index is 0.286. The zero-order chi connectivity index (χ0) is 41.8. The highest BCUT2D eigenvalue weighted by molar-refractivity contribution is 7.99. The molecular weight excluding hydrogens is 849 g/mol. The molecular formula is C53H36N6S4. The minimum Gasteiger partial charge on any atom is -0.173 e. The zero-order valence-electron chi connectivity index (χ0n) is 34.3. The lowest BCUT2D eigenvalue weighted by molar-refractivity contribution is 0.787. The van der Waals surface area contributed by atoms with Crippen LogP contribution in [0.5, 0.6) is 0 Å². The van der Waals surface area contributed by atoms with Crippen molar-refractivity contribution in [2.75, 3.05) is 11.5 Å². The Morgan fingerprint density at radius 3 is 1.67 bits per heavy atom. The van der Waals surface area contributed by atoms with Gasteiger partial charge in [0.05, 0.1) is 35.2 Å². The Morgan fingerprint density at radius 1 is 0.444 bits per heavy atom. The van der Waals surface area contributed by atoms with Gasteiger partial charge in [-0.3, -0.25) is 0 Å². The molecule has 3 aromatic heterocycles. The van der Waals surface area contributed by atoms with Crippen molar-refractivity contribution in [3.8, 4) is 22.3 Å². The van der Waals surface area contributed by atoms with Gasteiger partial charge in [-0.05, 0) is 126 Å². The van der Waals surface area contributed by atoms with Gasteiger partial charge in [0, 0.05) is 22.8 Å². The Bertz CT molecular complexity index is 3820. The summed E-state index contributed by atoms with van der Waals surface area (Å²) in [5.41, 5.74) is 17.0. The van der Waals surface area contributed by atoms with Crippen LogP contribution in [-0.2, 0) is 0 Å². The second-order valence-electron chi connectivity index (χ2n) is 16.8. The lowest BCUT2D eigenvalue weighted by Gasteiger charge is -2.24. The second kappa shape index (κ2) is 14.7. The predicted molar refractivity (Wildman–Crippen MR) is 268 cm³/mol. The standard InChI is InChI=1S/C53H36N6S4/c1-28-24-43(50-52(58-62-56-50)45(28)40-17-9-16-37-33-12-5-3-10-30(33)18-19-39(37)40)47(41-21-20-35(32-22-23-60-27-32)48-49(41)55-61-54-48)44-25-29(2)46(53-51(44)57-63-59-53)42-26-31-11-4-6-13-34(31)36-14-7-8-15-38(36)42/h3-21,24-26,32,47H,22-23,27H2,1-2H3. The van der Waals surface area contributed by atoms with Crippen LogP contribution >= 0.6 is 46.9 Å². The van der Waals surface area contributed by atoms with Crippen LogP contribution in [0, 0.1) is 13.8 Å². The van der Waals surface area contributed by atoms with Crippen molar-refractivity contribution >= 4 is 123 Å². The number of benzene rings is 9. The first-order chi connectivity index (χ1) is 31.1. The third kappa shape index (κ3) is 5.74. The van der Waals surface area contributed by atoms with Gasteiger partial charge in [0.25, 0.3) is 0 Å². The van der Waals surface area contributed by atoms with Gasteiger partial charge >= 0.3 is 0 Å². The largest absolute Gasteiger partial charge is 0.173 e. The molecule has 1 fully saturated rings. The van der Waals surface area contributed by atoms with Crippen molar-refractivity contribution in [3.05, 3.63) is 167 Å². The van der Waals surface area contributed by atoms with E-state index in [-0.39, 0.29) is 5.92 Å². The Morgan fingerprint density at radius 2 is 0.984 bits per heavy atom. The third-order valence-electron chi connectivity index (χ3n) is 13.4. The van der Waals surface area contributed by atoms with Crippen LogP contribution in [0.4, 0.5) is 0 Å². The van der Waals surface area contributed by atoms with Crippen LogP contribution < -0.4 is 0 Å². The Labute approximate surface area is 379 Å². The maximum absolute atomic E-state index is 5.18. The van der Waals surface area contributed by atoms with Gasteiger partial charge in [0.15, 0.2) is 0 Å². The molecule has 2 atom stereocenters. The molecule has 302 valence electrons. The predicted octanol–water partition coefficient (Wildman–Crippen LogP) is 14.7. The molecule has 10 heteroatoms. The molecule has 13 rings (SSSR count). The van der Waals surface area contributed by atoms with Gasteiger partial charge in [0.2, 0.25) is 0 Å². The molecule has 1 saturated heterocycles. The van der Waals surface area contributed by atoms with Gasteiger partial charge in [-0.1, -0.05) is 127 Å². The number of hydrogen-bond donors (Lipinski definition) is 0. The molecule has 2 unspecified atom stereocenters. The van der Waals surface area contributed by atoms with E-state index in [9.17, 15) is 0 Å². The quantitative estimate of drug-likeness (QED) is 0.122. The van der Waals surface area contributed by atoms with Crippen molar-refractivity contribution in [3.63, 3.8) is 0 Å². The van der Waals surface area contributed by atoms with E-state index in [2.05, 4.69) is 147 Å². The normalized spacial score (nSPS) is 15.0. The van der Waals surface area contributed by atoms with E-state index < -0.39 is 0 Å². The van der Waals surface area contributed by atoms with Crippen LogP contribution in [0.2, 0.25) is 0 Å². The molecule has 9 aromatic carbocycles. The number of rotatable bonds is 6. The van der Waals surface area contributed by atoms with Gasteiger partial charge < -0.3 is 0 Å². The first-order valence-corrected chi connectivity index (χ1v) is 24.6. The van der Waals surface area contributed by atoms with Gasteiger partial charge in [-0.15, -0.1) is 0 Å². The fourth-order valence-electron chi connectivity index (χ4n) is 10.6. The van der Waals surface area contributed by atoms with Crippen LogP contribution in [-0.4, -0.2) is 37.7 Å². The van der Waals surface area contributed by atoms with Crippen molar-refractivity contribution in [1.82, 2.24) is 26.2 Å². The summed E-state index contributed by atoms with van der Waals surface area (Å²) in [5.74, 6) is 2.47. The van der Waals surface area contributed by atoms with Gasteiger partial charge in [-0.25, -0.2) is 0 Å². The minimum atomic E-state index is -0.286. The Hall–Kier alpha value is -6.17. The van der Waals surface area contributed by atoms with E-state index >= 15 is 0 Å². The summed E-state index contributed by atoms with van der Waals surface area (Å²) in [7, 11) is 0. The maximum atomic E-state index is 5.18. The highest BCUT2D eigenvalue weighted by atomic mass is 32.2. The molecule has 0 radical (unpaired) electrons. The zero-order valence-corrected chi connectivity index (χ0v) is 37.6. The summed E-state index contributed by atoms with van der Waals surface area (Å²) in [4.78, 5) is 0. The summed E-state index contributed by atoms with van der Waals surface area (Å²) < 4.78 is 30.8. The van der Waals surface area contributed by atoms with E-state index in [1.807, 2.05) is 11.8 Å². The average Bonchev–Trinajstić information content (AvgIpc) is 4.18. The molecule has 1 aliphatic heterocycles. The van der Waals surface area contributed by atoms with E-state index in [0.717, 1.165) is 89.8 Å². The first-order valence-electron chi connectivity index (χ1n) is 21.3. The fraction of sp³-hybridized carbons (Fsp3) is 0.132. The molecule has 6 nitrogen and oxygen atoms in total. The highest BCUT2D eigenvalue weighted by Gasteiger charge is 2.32. The van der Waals surface area contributed by atoms with Crippen LogP contribution in [0.15, 0.2) is 133 Å². The lowest BCUT2D eigenvalue weighted by Crippen LogP contribution is -2.09. The molecule has 12 aromatic rings. The Kier molecular flexibility index (Phi) is 8.73. The summed E-state index contributed by atoms with van der Waals surface area (Å²) in [6.45, 7) is 4.46. The molecule has 1 aliphatic rings. The highest BCUT2D eigenvalue weighted by Crippen LogP contribution is 2.49. The maximum Gasteiger partial charge on any atom is 0.113 e. The Balaban J connectivity index is 1.08. The molecule has 4 heterocycles.